The van der Waals surface area contributed by atoms with Crippen LogP contribution in [0.4, 0.5) is 0 Å². The third kappa shape index (κ3) is 3.70. The summed E-state index contributed by atoms with van der Waals surface area (Å²) in [5.74, 6) is 2.07. The van der Waals surface area contributed by atoms with Crippen LogP contribution in [0.25, 0.3) is 0 Å². The maximum absolute atomic E-state index is 11.8. The Morgan fingerprint density at radius 1 is 1.24 bits per heavy atom. The number of rotatable bonds is 7. The van der Waals surface area contributed by atoms with Crippen molar-refractivity contribution < 1.29 is 9.53 Å². The van der Waals surface area contributed by atoms with E-state index in [4.69, 9.17) is 4.74 Å². The minimum absolute atomic E-state index is 0.0926. The molecule has 0 saturated heterocycles. The highest BCUT2D eigenvalue weighted by molar-refractivity contribution is 5.75. The molecule has 3 heteroatoms. The van der Waals surface area contributed by atoms with Crippen molar-refractivity contribution in [3.05, 3.63) is 0 Å². The zero-order chi connectivity index (χ0) is 12.4. The minimum Gasteiger partial charge on any atom is -0.468 e. The average Bonchev–Trinajstić information content (AvgIpc) is 3.15. The Kier molecular flexibility index (Phi) is 4.08. The van der Waals surface area contributed by atoms with Gasteiger partial charge in [-0.1, -0.05) is 13.8 Å². The number of ether oxygens (including phenoxy) is 1. The number of carbonyl (C=O) groups excluding carboxylic acids is 1. The quantitative estimate of drug-likeness (QED) is 0.693. The van der Waals surface area contributed by atoms with E-state index in [0.29, 0.717) is 12.0 Å². The summed E-state index contributed by atoms with van der Waals surface area (Å²) in [4.78, 5) is 11.8. The fourth-order valence-electron chi connectivity index (χ4n) is 2.65. The third-order valence-electron chi connectivity index (χ3n) is 3.85. The fourth-order valence-corrected chi connectivity index (χ4v) is 2.65. The highest BCUT2D eigenvalue weighted by Gasteiger charge is 2.43. The molecule has 1 unspecified atom stereocenters. The van der Waals surface area contributed by atoms with Crippen LogP contribution in [0.15, 0.2) is 0 Å². The van der Waals surface area contributed by atoms with E-state index < -0.39 is 0 Å². The maximum atomic E-state index is 11.8. The first-order valence-electron chi connectivity index (χ1n) is 6.95. The summed E-state index contributed by atoms with van der Waals surface area (Å²) in [7, 11) is 1.49. The maximum Gasteiger partial charge on any atom is 0.322 e. The number of hydrogen-bond acceptors (Lipinski definition) is 3. The van der Waals surface area contributed by atoms with Crippen molar-refractivity contribution in [2.24, 2.45) is 17.8 Å². The molecule has 2 aliphatic carbocycles. The molecule has 0 bridgehead atoms. The molecule has 0 aromatic carbocycles. The Balaban J connectivity index is 1.91. The molecule has 0 aromatic rings. The zero-order valence-corrected chi connectivity index (χ0v) is 11.2. The number of methoxy groups -OCH3 is 1. The monoisotopic (exact) mass is 239 g/mol. The second-order valence-corrected chi connectivity index (χ2v) is 6.07. The van der Waals surface area contributed by atoms with E-state index in [1.807, 2.05) is 0 Å². The van der Waals surface area contributed by atoms with Crippen molar-refractivity contribution in [3.63, 3.8) is 0 Å². The van der Waals surface area contributed by atoms with Crippen LogP contribution < -0.4 is 5.32 Å². The highest BCUT2D eigenvalue weighted by atomic mass is 16.5. The molecule has 0 heterocycles. The molecule has 0 amide bonds. The van der Waals surface area contributed by atoms with Gasteiger partial charge in [0, 0.05) is 6.04 Å². The van der Waals surface area contributed by atoms with Crippen molar-refractivity contribution >= 4 is 5.97 Å². The lowest BCUT2D eigenvalue weighted by Crippen LogP contribution is -2.46. The summed E-state index contributed by atoms with van der Waals surface area (Å²) in [6.07, 6.45) is 6.23. The topological polar surface area (TPSA) is 38.3 Å². The van der Waals surface area contributed by atoms with Crippen molar-refractivity contribution in [2.75, 3.05) is 7.11 Å². The predicted molar refractivity (Wildman–Crippen MR) is 67.6 cm³/mol. The minimum atomic E-state index is -0.105. The van der Waals surface area contributed by atoms with Gasteiger partial charge in [0.1, 0.15) is 6.04 Å². The molecular weight excluding hydrogens is 214 g/mol. The largest absolute Gasteiger partial charge is 0.468 e. The normalized spacial score (nSPS) is 21.9. The van der Waals surface area contributed by atoms with Gasteiger partial charge in [0.15, 0.2) is 0 Å². The molecule has 2 aliphatic rings. The Bertz CT molecular complexity index is 257. The van der Waals surface area contributed by atoms with E-state index in [1.165, 1.54) is 32.8 Å². The van der Waals surface area contributed by atoms with Crippen LogP contribution in [0, 0.1) is 17.8 Å². The summed E-state index contributed by atoms with van der Waals surface area (Å²) < 4.78 is 4.91. The fraction of sp³-hybridized carbons (Fsp3) is 0.929. The standard InChI is InChI=1S/C14H25NO2/c1-9(2)8-12(14(16)17-3)15-13(10-4-5-10)11-6-7-11/h9-13,15H,4-8H2,1-3H3. The molecule has 0 aliphatic heterocycles. The zero-order valence-electron chi connectivity index (χ0n) is 11.2. The lowest BCUT2D eigenvalue weighted by molar-refractivity contribution is -0.143. The van der Waals surface area contributed by atoms with E-state index in [0.717, 1.165) is 18.3 Å². The summed E-state index contributed by atoms with van der Waals surface area (Å²) in [5.41, 5.74) is 0. The van der Waals surface area contributed by atoms with Gasteiger partial charge >= 0.3 is 5.97 Å². The van der Waals surface area contributed by atoms with Crippen LogP contribution in [0.3, 0.4) is 0 Å². The highest BCUT2D eigenvalue weighted by Crippen LogP contribution is 2.44. The van der Waals surface area contributed by atoms with E-state index >= 15 is 0 Å². The first kappa shape index (κ1) is 12.9. The molecule has 2 rings (SSSR count). The van der Waals surface area contributed by atoms with Crippen molar-refractivity contribution in [1.82, 2.24) is 5.32 Å². The van der Waals surface area contributed by atoms with Gasteiger partial charge < -0.3 is 10.1 Å². The SMILES string of the molecule is COC(=O)C(CC(C)C)NC(C1CC1)C1CC1. The smallest absolute Gasteiger partial charge is 0.322 e. The van der Waals surface area contributed by atoms with Gasteiger partial charge in [-0.2, -0.15) is 0 Å². The second kappa shape index (κ2) is 5.38. The van der Waals surface area contributed by atoms with E-state index in [-0.39, 0.29) is 12.0 Å². The van der Waals surface area contributed by atoms with E-state index in [9.17, 15) is 4.79 Å². The average molecular weight is 239 g/mol. The Labute approximate surface area is 104 Å². The van der Waals surface area contributed by atoms with Crippen LogP contribution in [-0.4, -0.2) is 25.2 Å². The Morgan fingerprint density at radius 3 is 2.12 bits per heavy atom. The van der Waals surface area contributed by atoms with Gasteiger partial charge in [-0.15, -0.1) is 0 Å². The Morgan fingerprint density at radius 2 is 1.76 bits per heavy atom. The number of nitrogens with one attached hydrogen (secondary N) is 1. The molecule has 0 aromatic heterocycles. The third-order valence-corrected chi connectivity index (χ3v) is 3.85. The molecule has 17 heavy (non-hydrogen) atoms. The second-order valence-electron chi connectivity index (χ2n) is 6.07. The first-order valence-corrected chi connectivity index (χ1v) is 6.95. The van der Waals surface area contributed by atoms with Crippen molar-refractivity contribution in [1.29, 1.82) is 0 Å². The summed E-state index contributed by atoms with van der Waals surface area (Å²) in [5, 5.41) is 3.59. The van der Waals surface area contributed by atoms with Crippen LogP contribution in [0.5, 0.6) is 0 Å². The lowest BCUT2D eigenvalue weighted by Gasteiger charge is -2.25. The van der Waals surface area contributed by atoms with Gasteiger partial charge in [0.25, 0.3) is 0 Å². The molecule has 98 valence electrons. The predicted octanol–water partition coefficient (Wildman–Crippen LogP) is 2.35. The molecular formula is C14H25NO2. The molecule has 1 atom stereocenters. The molecule has 1 N–H and O–H groups in total. The van der Waals surface area contributed by atoms with Crippen molar-refractivity contribution in [3.8, 4) is 0 Å². The van der Waals surface area contributed by atoms with Crippen LogP contribution in [0.2, 0.25) is 0 Å². The molecule has 0 spiro atoms. The number of hydrogen-bond donors (Lipinski definition) is 1. The Hall–Kier alpha value is -0.570. The number of carbonyl (C=O) groups is 1. The molecule has 0 radical (unpaired) electrons. The summed E-state index contributed by atoms with van der Waals surface area (Å²) in [6.45, 7) is 4.31. The van der Waals surface area contributed by atoms with Gasteiger partial charge in [-0.05, 0) is 49.9 Å². The van der Waals surface area contributed by atoms with Crippen LogP contribution in [0.1, 0.15) is 46.0 Å². The van der Waals surface area contributed by atoms with Gasteiger partial charge in [-0.3, -0.25) is 4.79 Å². The molecule has 2 saturated carbocycles. The number of esters is 1. The van der Waals surface area contributed by atoms with E-state index in [1.54, 1.807) is 0 Å². The summed E-state index contributed by atoms with van der Waals surface area (Å²) in [6, 6.07) is 0.462. The summed E-state index contributed by atoms with van der Waals surface area (Å²) >= 11 is 0. The van der Waals surface area contributed by atoms with Gasteiger partial charge in [0.05, 0.1) is 7.11 Å². The van der Waals surface area contributed by atoms with Crippen LogP contribution in [-0.2, 0) is 9.53 Å². The lowest BCUT2D eigenvalue weighted by atomic mass is 10.00. The van der Waals surface area contributed by atoms with Crippen LogP contribution >= 0.6 is 0 Å². The van der Waals surface area contributed by atoms with Crippen molar-refractivity contribution in [2.45, 2.75) is 58.0 Å². The van der Waals surface area contributed by atoms with E-state index in [2.05, 4.69) is 19.2 Å². The molecule has 2 fully saturated rings. The van der Waals surface area contributed by atoms with Gasteiger partial charge in [-0.25, -0.2) is 0 Å². The molecule has 3 nitrogen and oxygen atoms in total. The van der Waals surface area contributed by atoms with Gasteiger partial charge in [0.2, 0.25) is 0 Å². The first-order chi connectivity index (χ1) is 8.11.